The minimum Gasteiger partial charge on any atom is -0.456 e. The molecule has 0 amide bonds. The fraction of sp³-hybridized carbons (Fsp3) is 0. The quantitative estimate of drug-likeness (QED) is 0.173. The van der Waals surface area contributed by atoms with Gasteiger partial charge in [0.2, 0.25) is 0 Å². The average molecular weight is 704 g/mol. The van der Waals surface area contributed by atoms with Crippen LogP contribution in [0.4, 0.5) is 17.1 Å². The first-order valence-electron chi connectivity index (χ1n) is 18.7. The predicted octanol–water partition coefficient (Wildman–Crippen LogP) is 15.1. The summed E-state index contributed by atoms with van der Waals surface area (Å²) in [5, 5.41) is 6.80. The van der Waals surface area contributed by atoms with Gasteiger partial charge in [-0.1, -0.05) is 152 Å². The molecular formula is C52H33NO2. The van der Waals surface area contributed by atoms with Crippen LogP contribution in [0.25, 0.3) is 88.0 Å². The van der Waals surface area contributed by atoms with Gasteiger partial charge in [0.15, 0.2) is 5.58 Å². The van der Waals surface area contributed by atoms with Gasteiger partial charge in [-0.2, -0.15) is 0 Å². The molecule has 2 heterocycles. The third-order valence-corrected chi connectivity index (χ3v) is 10.9. The summed E-state index contributed by atoms with van der Waals surface area (Å²) in [4.78, 5) is 2.36. The number of fused-ring (bicyclic) bond motifs is 7. The summed E-state index contributed by atoms with van der Waals surface area (Å²) in [5.74, 6) is 0. The van der Waals surface area contributed by atoms with Crippen LogP contribution in [0.15, 0.2) is 209 Å². The van der Waals surface area contributed by atoms with Gasteiger partial charge in [0, 0.05) is 32.6 Å². The summed E-state index contributed by atoms with van der Waals surface area (Å²) in [5.41, 5.74) is 13.5. The van der Waals surface area contributed by atoms with E-state index in [1.807, 2.05) is 18.2 Å². The van der Waals surface area contributed by atoms with E-state index in [-0.39, 0.29) is 0 Å². The molecule has 0 N–H and O–H groups in total. The topological polar surface area (TPSA) is 29.5 Å². The van der Waals surface area contributed by atoms with Crippen molar-refractivity contribution < 1.29 is 8.83 Å². The maximum atomic E-state index is 6.88. The summed E-state index contributed by atoms with van der Waals surface area (Å²) in [6.07, 6.45) is 0. The van der Waals surface area contributed by atoms with Crippen LogP contribution in [0.3, 0.4) is 0 Å². The first-order chi connectivity index (χ1) is 27.3. The highest BCUT2D eigenvalue weighted by molar-refractivity contribution is 6.18. The second-order valence-corrected chi connectivity index (χ2v) is 14.0. The van der Waals surface area contributed by atoms with Gasteiger partial charge in [0.05, 0.1) is 11.4 Å². The Kier molecular flexibility index (Phi) is 7.17. The smallest absolute Gasteiger partial charge is 0.160 e. The van der Waals surface area contributed by atoms with E-state index in [4.69, 9.17) is 8.83 Å². The molecule has 3 nitrogen and oxygen atoms in total. The largest absolute Gasteiger partial charge is 0.456 e. The molecule has 0 saturated heterocycles. The zero-order valence-electron chi connectivity index (χ0n) is 29.8. The maximum Gasteiger partial charge on any atom is 0.160 e. The number of rotatable bonds is 6. The molecule has 0 saturated carbocycles. The van der Waals surface area contributed by atoms with E-state index in [2.05, 4.69) is 187 Å². The Morgan fingerprint density at radius 2 is 0.855 bits per heavy atom. The van der Waals surface area contributed by atoms with Crippen molar-refractivity contribution >= 4 is 71.7 Å². The molecule has 0 aliphatic rings. The minimum absolute atomic E-state index is 0.846. The SMILES string of the molecule is c1ccc(-c2ccc(N(c3ccc(-c4ccc5c(c4)oc4ccccc45)cc3)c3ccc(-c4ccccc4)c4c3oc3ccccc34)c3ccccc23)cc1. The number of hydrogen-bond donors (Lipinski definition) is 0. The van der Waals surface area contributed by atoms with Crippen molar-refractivity contribution in [2.45, 2.75) is 0 Å². The lowest BCUT2D eigenvalue weighted by molar-refractivity contribution is 0.668. The van der Waals surface area contributed by atoms with E-state index in [0.717, 1.165) is 88.6 Å². The molecule has 0 radical (unpaired) electrons. The van der Waals surface area contributed by atoms with Crippen molar-refractivity contribution in [3.8, 4) is 33.4 Å². The van der Waals surface area contributed by atoms with Crippen LogP contribution in [0.1, 0.15) is 0 Å². The molecule has 0 bridgehead atoms. The fourth-order valence-electron chi connectivity index (χ4n) is 8.31. The Morgan fingerprint density at radius 3 is 1.60 bits per heavy atom. The van der Waals surface area contributed by atoms with Gasteiger partial charge in [0.1, 0.15) is 16.7 Å². The molecule has 0 unspecified atom stereocenters. The molecule has 0 spiro atoms. The lowest BCUT2D eigenvalue weighted by Gasteiger charge is -2.28. The molecule has 0 atom stereocenters. The van der Waals surface area contributed by atoms with Gasteiger partial charge < -0.3 is 13.7 Å². The zero-order chi connectivity index (χ0) is 36.3. The van der Waals surface area contributed by atoms with Crippen LogP contribution < -0.4 is 4.90 Å². The van der Waals surface area contributed by atoms with Gasteiger partial charge >= 0.3 is 0 Å². The molecule has 2 aromatic heterocycles. The molecular weight excluding hydrogens is 671 g/mol. The Labute approximate surface area is 317 Å². The molecule has 55 heavy (non-hydrogen) atoms. The van der Waals surface area contributed by atoms with E-state index >= 15 is 0 Å². The van der Waals surface area contributed by atoms with Crippen molar-refractivity contribution in [3.05, 3.63) is 200 Å². The summed E-state index contributed by atoms with van der Waals surface area (Å²) in [7, 11) is 0. The maximum absolute atomic E-state index is 6.88. The monoisotopic (exact) mass is 703 g/mol. The lowest BCUT2D eigenvalue weighted by Crippen LogP contribution is -2.11. The normalized spacial score (nSPS) is 11.6. The molecule has 0 aliphatic carbocycles. The first kappa shape index (κ1) is 31.2. The Balaban J connectivity index is 1.13. The third-order valence-electron chi connectivity index (χ3n) is 10.9. The van der Waals surface area contributed by atoms with E-state index in [1.165, 1.54) is 16.5 Å². The third kappa shape index (κ3) is 5.13. The highest BCUT2D eigenvalue weighted by Crippen LogP contribution is 2.48. The number of furan rings is 2. The van der Waals surface area contributed by atoms with Crippen LogP contribution in [-0.2, 0) is 0 Å². The molecule has 258 valence electrons. The summed E-state index contributed by atoms with van der Waals surface area (Å²) in [6.45, 7) is 0. The highest BCUT2D eigenvalue weighted by Gasteiger charge is 2.24. The van der Waals surface area contributed by atoms with Crippen molar-refractivity contribution in [1.29, 1.82) is 0 Å². The summed E-state index contributed by atoms with van der Waals surface area (Å²) < 4.78 is 13.1. The van der Waals surface area contributed by atoms with Crippen LogP contribution >= 0.6 is 0 Å². The molecule has 3 heteroatoms. The molecule has 0 aliphatic heterocycles. The van der Waals surface area contributed by atoms with Gasteiger partial charge in [-0.3, -0.25) is 0 Å². The predicted molar refractivity (Wildman–Crippen MR) is 229 cm³/mol. The van der Waals surface area contributed by atoms with Crippen LogP contribution in [0.5, 0.6) is 0 Å². The van der Waals surface area contributed by atoms with Crippen molar-refractivity contribution in [2.24, 2.45) is 0 Å². The minimum atomic E-state index is 0.846. The highest BCUT2D eigenvalue weighted by atomic mass is 16.3. The van der Waals surface area contributed by atoms with E-state index < -0.39 is 0 Å². The number of nitrogens with zero attached hydrogens (tertiary/aromatic N) is 1. The van der Waals surface area contributed by atoms with E-state index in [1.54, 1.807) is 0 Å². The van der Waals surface area contributed by atoms with Gasteiger partial charge in [-0.25, -0.2) is 0 Å². The Bertz CT molecular complexity index is 3190. The van der Waals surface area contributed by atoms with Crippen molar-refractivity contribution in [2.75, 3.05) is 4.90 Å². The standard InChI is InChI=1S/C52H33NO2/c1-3-13-35(14-4-1)39-29-31-46(42-18-8-7-17-41(39)42)53(38-26-23-34(24-27-38)37-25-28-44-43-19-9-11-21-48(43)54-50(44)33-37)47-32-30-40(36-15-5-2-6-16-36)51-45-20-10-12-22-49(45)55-52(47)51/h1-33H. The summed E-state index contributed by atoms with van der Waals surface area (Å²) >= 11 is 0. The lowest BCUT2D eigenvalue weighted by atomic mass is 9.95. The first-order valence-corrected chi connectivity index (χ1v) is 18.7. The van der Waals surface area contributed by atoms with E-state index in [0.29, 0.717) is 0 Å². The van der Waals surface area contributed by atoms with Crippen LogP contribution in [-0.4, -0.2) is 0 Å². The summed E-state index contributed by atoms with van der Waals surface area (Å²) in [6, 6.07) is 70.9. The number of benzene rings is 9. The molecule has 11 aromatic rings. The van der Waals surface area contributed by atoms with Gasteiger partial charge in [-0.05, 0) is 87.3 Å². The molecule has 0 fully saturated rings. The molecule has 9 aromatic carbocycles. The second-order valence-electron chi connectivity index (χ2n) is 14.0. The van der Waals surface area contributed by atoms with Crippen LogP contribution in [0, 0.1) is 0 Å². The number of para-hydroxylation sites is 2. The number of anilines is 3. The average Bonchev–Trinajstić information content (AvgIpc) is 3.84. The Hall–Kier alpha value is -7.36. The van der Waals surface area contributed by atoms with Crippen LogP contribution in [0.2, 0.25) is 0 Å². The van der Waals surface area contributed by atoms with Crippen molar-refractivity contribution in [3.63, 3.8) is 0 Å². The zero-order valence-corrected chi connectivity index (χ0v) is 29.8. The fourth-order valence-corrected chi connectivity index (χ4v) is 8.31. The molecule has 11 rings (SSSR count). The van der Waals surface area contributed by atoms with Gasteiger partial charge in [-0.15, -0.1) is 0 Å². The number of hydrogen-bond acceptors (Lipinski definition) is 3. The van der Waals surface area contributed by atoms with Gasteiger partial charge in [0.25, 0.3) is 0 Å². The second kappa shape index (κ2) is 12.6. The Morgan fingerprint density at radius 1 is 0.309 bits per heavy atom. The van der Waals surface area contributed by atoms with Crippen molar-refractivity contribution in [1.82, 2.24) is 0 Å². The van der Waals surface area contributed by atoms with E-state index in [9.17, 15) is 0 Å².